The van der Waals surface area contributed by atoms with Crippen LogP contribution in [0.4, 0.5) is 5.69 Å². The highest BCUT2D eigenvalue weighted by atomic mass is 32.2. The van der Waals surface area contributed by atoms with E-state index < -0.39 is 34.1 Å². The molecule has 0 heterocycles. The van der Waals surface area contributed by atoms with Gasteiger partial charge in [0.05, 0.1) is 38.4 Å². The van der Waals surface area contributed by atoms with E-state index in [0.717, 1.165) is 5.56 Å². The van der Waals surface area contributed by atoms with Crippen molar-refractivity contribution >= 4 is 27.4 Å². The number of esters is 1. The minimum absolute atomic E-state index is 0.131. The molecule has 0 saturated carbocycles. The van der Waals surface area contributed by atoms with Crippen molar-refractivity contribution in [1.29, 1.82) is 0 Å². The number of hydrogen-bond donors (Lipinski definition) is 1. The van der Waals surface area contributed by atoms with Gasteiger partial charge in [0.15, 0.2) is 27.9 Å². The quantitative estimate of drug-likeness (QED) is 0.547. The van der Waals surface area contributed by atoms with E-state index in [4.69, 9.17) is 18.9 Å². The predicted octanol–water partition coefficient (Wildman–Crippen LogP) is 2.37. The summed E-state index contributed by atoms with van der Waals surface area (Å²) in [4.78, 5) is 24.1. The molecule has 2 rings (SSSR count). The van der Waals surface area contributed by atoms with E-state index in [2.05, 4.69) is 5.32 Å². The van der Waals surface area contributed by atoms with Crippen LogP contribution in [0, 0.1) is 6.92 Å². The molecule has 0 aliphatic carbocycles. The Morgan fingerprint density at radius 1 is 0.935 bits per heavy atom. The third-order valence-electron chi connectivity index (χ3n) is 4.27. The second-order valence-corrected chi connectivity index (χ2v) is 8.61. The standard InChI is InChI=1S/C21H25NO8S/c1-14-5-7-16(8-6-14)31(25,26)10-9-20(24)30-13-19(23)22-15-11-17(27-2)21(29-4)18(12-15)28-3/h5-8,11-12H,9-10,13H2,1-4H3,(H,22,23). The Morgan fingerprint density at radius 3 is 2.03 bits per heavy atom. The Bertz CT molecular complexity index is 1010. The van der Waals surface area contributed by atoms with Crippen LogP contribution in [0.3, 0.4) is 0 Å². The maximum Gasteiger partial charge on any atom is 0.307 e. The highest BCUT2D eigenvalue weighted by Crippen LogP contribution is 2.39. The SMILES string of the molecule is COc1cc(NC(=O)COC(=O)CCS(=O)(=O)c2ccc(C)cc2)cc(OC)c1OC. The lowest BCUT2D eigenvalue weighted by Crippen LogP contribution is -2.22. The molecule has 0 aliphatic rings. The van der Waals surface area contributed by atoms with Crippen LogP contribution in [0.1, 0.15) is 12.0 Å². The largest absolute Gasteiger partial charge is 0.493 e. The average molecular weight is 451 g/mol. The molecule has 2 aromatic carbocycles. The normalized spacial score (nSPS) is 10.8. The number of sulfone groups is 1. The fourth-order valence-electron chi connectivity index (χ4n) is 2.65. The molecule has 1 amide bonds. The van der Waals surface area contributed by atoms with Crippen LogP contribution in [0.25, 0.3) is 0 Å². The van der Waals surface area contributed by atoms with Gasteiger partial charge in [-0.25, -0.2) is 8.42 Å². The Kier molecular flexibility index (Phi) is 8.26. The fourth-order valence-corrected chi connectivity index (χ4v) is 3.87. The van der Waals surface area contributed by atoms with E-state index >= 15 is 0 Å². The zero-order valence-electron chi connectivity index (χ0n) is 17.8. The van der Waals surface area contributed by atoms with Crippen LogP contribution in [-0.4, -0.2) is 54.0 Å². The Hall–Kier alpha value is -3.27. The van der Waals surface area contributed by atoms with E-state index in [1.54, 1.807) is 12.1 Å². The van der Waals surface area contributed by atoms with Crippen molar-refractivity contribution < 1.29 is 37.0 Å². The summed E-state index contributed by atoms with van der Waals surface area (Å²) in [6.45, 7) is 1.27. The van der Waals surface area contributed by atoms with Gasteiger partial charge in [0.2, 0.25) is 5.75 Å². The lowest BCUT2D eigenvalue weighted by atomic mass is 10.2. The molecule has 9 nitrogen and oxygen atoms in total. The van der Waals surface area contributed by atoms with Gasteiger partial charge in [0.25, 0.3) is 5.91 Å². The maximum absolute atomic E-state index is 12.3. The molecule has 10 heteroatoms. The number of methoxy groups -OCH3 is 3. The summed E-state index contributed by atoms with van der Waals surface area (Å²) in [5, 5.41) is 2.55. The molecule has 168 valence electrons. The van der Waals surface area contributed by atoms with Crippen molar-refractivity contribution in [1.82, 2.24) is 0 Å². The molecule has 1 N–H and O–H groups in total. The number of benzene rings is 2. The summed E-state index contributed by atoms with van der Waals surface area (Å²) in [6, 6.07) is 9.38. The number of ether oxygens (including phenoxy) is 4. The molecule has 2 aromatic rings. The Morgan fingerprint density at radius 2 is 1.52 bits per heavy atom. The summed E-state index contributed by atoms with van der Waals surface area (Å²) >= 11 is 0. The van der Waals surface area contributed by atoms with E-state index in [-0.39, 0.29) is 11.3 Å². The highest BCUT2D eigenvalue weighted by molar-refractivity contribution is 7.91. The van der Waals surface area contributed by atoms with Crippen molar-refractivity contribution in [3.05, 3.63) is 42.0 Å². The minimum atomic E-state index is -3.62. The molecule has 0 saturated heterocycles. The molecule has 0 atom stereocenters. The number of aryl methyl sites for hydroxylation is 1. The van der Waals surface area contributed by atoms with Crippen LogP contribution < -0.4 is 19.5 Å². The topological polar surface area (TPSA) is 117 Å². The first kappa shape index (κ1) is 24.0. The third-order valence-corrected chi connectivity index (χ3v) is 6.00. The first-order valence-corrected chi connectivity index (χ1v) is 10.9. The zero-order chi connectivity index (χ0) is 23.0. The molecule has 0 spiro atoms. The second kappa shape index (κ2) is 10.7. The Balaban J connectivity index is 1.90. The molecule has 0 bridgehead atoms. The summed E-state index contributed by atoms with van der Waals surface area (Å²) in [6.07, 6.45) is -0.367. The molecule has 31 heavy (non-hydrogen) atoms. The van der Waals surface area contributed by atoms with E-state index in [1.165, 1.54) is 45.6 Å². The van der Waals surface area contributed by atoms with Gasteiger partial charge in [0, 0.05) is 17.8 Å². The van der Waals surface area contributed by atoms with Crippen molar-refractivity contribution in [3.8, 4) is 17.2 Å². The number of carbonyl (C=O) groups excluding carboxylic acids is 2. The first-order valence-electron chi connectivity index (χ1n) is 9.25. The van der Waals surface area contributed by atoms with E-state index in [9.17, 15) is 18.0 Å². The summed E-state index contributed by atoms with van der Waals surface area (Å²) in [5.74, 6) is -0.765. The maximum atomic E-state index is 12.3. The van der Waals surface area contributed by atoms with Crippen molar-refractivity contribution in [2.24, 2.45) is 0 Å². The van der Waals surface area contributed by atoms with Crippen molar-refractivity contribution in [2.45, 2.75) is 18.2 Å². The molecular formula is C21H25NO8S. The Labute approximate surface area is 181 Å². The molecule has 0 unspecified atom stereocenters. The number of rotatable bonds is 10. The minimum Gasteiger partial charge on any atom is -0.493 e. The van der Waals surface area contributed by atoms with Crippen LogP contribution in [0.15, 0.2) is 41.3 Å². The van der Waals surface area contributed by atoms with E-state index in [0.29, 0.717) is 22.9 Å². The lowest BCUT2D eigenvalue weighted by molar-refractivity contribution is -0.146. The number of hydrogen-bond acceptors (Lipinski definition) is 8. The van der Waals surface area contributed by atoms with Crippen molar-refractivity contribution in [2.75, 3.05) is 39.0 Å². The zero-order valence-corrected chi connectivity index (χ0v) is 18.6. The highest BCUT2D eigenvalue weighted by Gasteiger charge is 2.18. The second-order valence-electron chi connectivity index (χ2n) is 6.50. The molecule has 0 aliphatic heterocycles. The van der Waals surface area contributed by atoms with Gasteiger partial charge in [0.1, 0.15) is 0 Å². The average Bonchev–Trinajstić information content (AvgIpc) is 2.75. The third kappa shape index (κ3) is 6.61. The molecule has 0 fully saturated rings. The first-order chi connectivity index (χ1) is 14.7. The van der Waals surface area contributed by atoms with Gasteiger partial charge < -0.3 is 24.3 Å². The fraction of sp³-hybridized carbons (Fsp3) is 0.333. The monoisotopic (exact) mass is 451 g/mol. The smallest absolute Gasteiger partial charge is 0.307 e. The van der Waals surface area contributed by atoms with Crippen LogP contribution in [0.5, 0.6) is 17.2 Å². The summed E-state index contributed by atoms with van der Waals surface area (Å²) in [5.41, 5.74) is 1.27. The summed E-state index contributed by atoms with van der Waals surface area (Å²) < 4.78 is 45.1. The van der Waals surface area contributed by atoms with Crippen LogP contribution >= 0.6 is 0 Å². The number of amides is 1. The molecule has 0 aromatic heterocycles. The van der Waals surface area contributed by atoms with Gasteiger partial charge in [-0.2, -0.15) is 0 Å². The van der Waals surface area contributed by atoms with E-state index in [1.807, 2.05) is 6.92 Å². The molecular weight excluding hydrogens is 426 g/mol. The number of anilines is 1. The summed E-state index contributed by atoms with van der Waals surface area (Å²) in [7, 11) is 0.713. The molecule has 0 radical (unpaired) electrons. The number of nitrogens with one attached hydrogen (secondary N) is 1. The number of carbonyl (C=O) groups is 2. The van der Waals surface area contributed by atoms with Gasteiger partial charge in [-0.3, -0.25) is 9.59 Å². The predicted molar refractivity (Wildman–Crippen MR) is 114 cm³/mol. The van der Waals surface area contributed by atoms with Gasteiger partial charge in [-0.15, -0.1) is 0 Å². The van der Waals surface area contributed by atoms with Crippen molar-refractivity contribution in [3.63, 3.8) is 0 Å². The van der Waals surface area contributed by atoms with Crippen LogP contribution in [0.2, 0.25) is 0 Å². The lowest BCUT2D eigenvalue weighted by Gasteiger charge is -2.14. The van der Waals surface area contributed by atoms with Crippen LogP contribution in [-0.2, 0) is 24.2 Å². The van der Waals surface area contributed by atoms with Gasteiger partial charge in [-0.05, 0) is 19.1 Å². The van der Waals surface area contributed by atoms with Gasteiger partial charge >= 0.3 is 5.97 Å². The van der Waals surface area contributed by atoms with Gasteiger partial charge in [-0.1, -0.05) is 17.7 Å².